The summed E-state index contributed by atoms with van der Waals surface area (Å²) in [5, 5.41) is 0. The number of aromatic nitrogens is 1. The lowest BCUT2D eigenvalue weighted by Crippen LogP contribution is -2.30. The van der Waals surface area contributed by atoms with E-state index in [4.69, 9.17) is 13.9 Å². The van der Waals surface area contributed by atoms with E-state index in [0.29, 0.717) is 17.9 Å². The zero-order valence-corrected chi connectivity index (χ0v) is 17.6. The first kappa shape index (κ1) is 21.2. The predicted molar refractivity (Wildman–Crippen MR) is 117 cm³/mol. The fraction of sp³-hybridized carbons (Fsp3) is 0.458. The summed E-state index contributed by atoms with van der Waals surface area (Å²) >= 11 is 0. The van der Waals surface area contributed by atoms with Crippen molar-refractivity contribution in [2.24, 2.45) is 0 Å². The Morgan fingerprint density at radius 3 is 2.31 bits per heavy atom. The Labute approximate surface area is 173 Å². The topological polar surface area (TPSA) is 47.7 Å². The van der Waals surface area contributed by atoms with Gasteiger partial charge in [0.05, 0.1) is 0 Å². The summed E-state index contributed by atoms with van der Waals surface area (Å²) in [5.41, 5.74) is 1.50. The van der Waals surface area contributed by atoms with Gasteiger partial charge in [-0.2, -0.15) is 4.98 Å². The van der Waals surface area contributed by atoms with E-state index in [2.05, 4.69) is 23.7 Å². The minimum Gasteiger partial charge on any atom is -0.492 e. The number of rotatable bonds is 13. The van der Waals surface area contributed by atoms with E-state index in [1.807, 2.05) is 48.5 Å². The third kappa shape index (κ3) is 6.79. The molecule has 0 atom stereocenters. The van der Waals surface area contributed by atoms with E-state index in [9.17, 15) is 0 Å². The number of benzene rings is 2. The number of hydrogen-bond acceptors (Lipinski definition) is 5. The van der Waals surface area contributed by atoms with Crippen LogP contribution in [0.3, 0.4) is 0 Å². The minimum atomic E-state index is 0.249. The van der Waals surface area contributed by atoms with Crippen molar-refractivity contribution < 1.29 is 13.9 Å². The van der Waals surface area contributed by atoms with Crippen LogP contribution in [-0.2, 0) is 0 Å². The van der Waals surface area contributed by atoms with Crippen molar-refractivity contribution >= 4 is 11.1 Å². The molecule has 0 aliphatic rings. The Bertz CT molecular complexity index is 812. The molecule has 3 rings (SSSR count). The molecule has 0 saturated carbocycles. The molecule has 3 aromatic rings. The third-order valence-corrected chi connectivity index (χ3v) is 4.89. The average Bonchev–Trinajstić information content (AvgIpc) is 3.15. The number of fused-ring (bicyclic) bond motifs is 1. The molecular weight excluding hydrogens is 364 g/mol. The second kappa shape index (κ2) is 11.5. The first-order valence-electron chi connectivity index (χ1n) is 10.8. The smallest absolute Gasteiger partial charge is 0.400 e. The summed E-state index contributed by atoms with van der Waals surface area (Å²) in [6.07, 6.45) is 6.54. The Balaban J connectivity index is 1.46. The van der Waals surface area contributed by atoms with E-state index in [1.54, 1.807) is 0 Å². The highest BCUT2D eigenvalue weighted by atomic mass is 16.6. The summed E-state index contributed by atoms with van der Waals surface area (Å²) in [4.78, 5) is 6.85. The van der Waals surface area contributed by atoms with Crippen molar-refractivity contribution in [3.05, 3.63) is 48.5 Å². The largest absolute Gasteiger partial charge is 0.492 e. The molecule has 0 unspecified atom stereocenters. The molecule has 0 aliphatic heterocycles. The van der Waals surface area contributed by atoms with Gasteiger partial charge in [-0.15, -0.1) is 0 Å². The van der Waals surface area contributed by atoms with Gasteiger partial charge < -0.3 is 13.9 Å². The average molecular weight is 397 g/mol. The normalized spacial score (nSPS) is 11.3. The molecule has 2 aromatic carbocycles. The van der Waals surface area contributed by atoms with E-state index < -0.39 is 0 Å². The highest BCUT2D eigenvalue weighted by Gasteiger charge is 2.08. The zero-order valence-electron chi connectivity index (χ0n) is 17.6. The molecule has 156 valence electrons. The van der Waals surface area contributed by atoms with Crippen LogP contribution in [0.15, 0.2) is 52.9 Å². The quantitative estimate of drug-likeness (QED) is 0.318. The van der Waals surface area contributed by atoms with Gasteiger partial charge in [0.25, 0.3) is 0 Å². The SMILES string of the molecule is CCCCCN(CCCC)CCOc1ccc(Oc2nc3ccccc3o2)cc1. The van der Waals surface area contributed by atoms with Gasteiger partial charge in [-0.25, -0.2) is 0 Å². The Morgan fingerprint density at radius 2 is 1.55 bits per heavy atom. The lowest BCUT2D eigenvalue weighted by molar-refractivity contribution is 0.203. The van der Waals surface area contributed by atoms with Crippen molar-refractivity contribution in [2.45, 2.75) is 46.0 Å². The van der Waals surface area contributed by atoms with Gasteiger partial charge in [0.15, 0.2) is 5.58 Å². The molecule has 0 saturated heterocycles. The van der Waals surface area contributed by atoms with Crippen molar-refractivity contribution in [3.8, 4) is 17.6 Å². The summed E-state index contributed by atoms with van der Waals surface area (Å²) in [6, 6.07) is 15.2. The first-order chi connectivity index (χ1) is 14.3. The van der Waals surface area contributed by atoms with Crippen LogP contribution in [0.2, 0.25) is 0 Å². The monoisotopic (exact) mass is 396 g/mol. The van der Waals surface area contributed by atoms with Crippen LogP contribution in [0.25, 0.3) is 11.1 Å². The lowest BCUT2D eigenvalue weighted by Gasteiger charge is -2.22. The van der Waals surface area contributed by atoms with Crippen LogP contribution < -0.4 is 9.47 Å². The van der Waals surface area contributed by atoms with Crippen molar-refractivity contribution in [3.63, 3.8) is 0 Å². The van der Waals surface area contributed by atoms with Crippen LogP contribution in [0.1, 0.15) is 46.0 Å². The van der Waals surface area contributed by atoms with Gasteiger partial charge in [-0.1, -0.05) is 45.2 Å². The minimum absolute atomic E-state index is 0.249. The molecule has 5 nitrogen and oxygen atoms in total. The molecule has 0 aliphatic carbocycles. The van der Waals surface area contributed by atoms with Gasteiger partial charge in [0, 0.05) is 6.54 Å². The molecule has 0 radical (unpaired) electrons. The Kier molecular flexibility index (Phi) is 8.38. The van der Waals surface area contributed by atoms with Crippen molar-refractivity contribution in [1.29, 1.82) is 0 Å². The Morgan fingerprint density at radius 1 is 0.828 bits per heavy atom. The second-order valence-corrected chi connectivity index (χ2v) is 7.27. The highest BCUT2D eigenvalue weighted by molar-refractivity contribution is 5.72. The van der Waals surface area contributed by atoms with E-state index in [0.717, 1.165) is 30.9 Å². The number of ether oxygens (including phenoxy) is 2. The number of nitrogens with zero attached hydrogens (tertiary/aromatic N) is 2. The molecule has 0 N–H and O–H groups in total. The molecule has 0 amide bonds. The second-order valence-electron chi connectivity index (χ2n) is 7.27. The van der Waals surface area contributed by atoms with Crippen LogP contribution in [0.5, 0.6) is 17.6 Å². The Hall–Kier alpha value is -2.53. The maximum Gasteiger partial charge on any atom is 0.400 e. The van der Waals surface area contributed by atoms with Gasteiger partial charge in [0.2, 0.25) is 0 Å². The van der Waals surface area contributed by atoms with Crippen LogP contribution in [0.4, 0.5) is 0 Å². The number of hydrogen-bond donors (Lipinski definition) is 0. The third-order valence-electron chi connectivity index (χ3n) is 4.89. The predicted octanol–water partition coefficient (Wildman–Crippen LogP) is 6.29. The summed E-state index contributed by atoms with van der Waals surface area (Å²) in [5.74, 6) is 1.52. The number of unbranched alkanes of at least 4 members (excludes halogenated alkanes) is 3. The van der Waals surface area contributed by atoms with Crippen LogP contribution >= 0.6 is 0 Å². The zero-order chi connectivity index (χ0) is 20.3. The fourth-order valence-electron chi connectivity index (χ4n) is 3.19. The molecule has 1 aromatic heterocycles. The summed E-state index contributed by atoms with van der Waals surface area (Å²) < 4.78 is 17.3. The maximum atomic E-state index is 5.94. The molecule has 0 bridgehead atoms. The molecule has 0 spiro atoms. The fourth-order valence-corrected chi connectivity index (χ4v) is 3.19. The van der Waals surface area contributed by atoms with Gasteiger partial charge >= 0.3 is 6.08 Å². The first-order valence-corrected chi connectivity index (χ1v) is 10.8. The summed E-state index contributed by atoms with van der Waals surface area (Å²) in [7, 11) is 0. The van der Waals surface area contributed by atoms with E-state index >= 15 is 0 Å². The van der Waals surface area contributed by atoms with E-state index in [1.165, 1.54) is 32.1 Å². The van der Waals surface area contributed by atoms with E-state index in [-0.39, 0.29) is 6.08 Å². The number of oxazole rings is 1. The van der Waals surface area contributed by atoms with Gasteiger partial charge in [0.1, 0.15) is 23.6 Å². The van der Waals surface area contributed by atoms with Crippen molar-refractivity contribution in [2.75, 3.05) is 26.2 Å². The molecular formula is C24H32N2O3. The standard InChI is InChI=1S/C24H32N2O3/c1-3-5-9-17-26(16-6-4-2)18-19-27-20-12-14-21(15-13-20)28-24-25-22-10-7-8-11-23(22)29-24/h7-8,10-15H,3-6,9,16-19H2,1-2H3. The molecule has 0 fully saturated rings. The van der Waals surface area contributed by atoms with Gasteiger partial charge in [-0.3, -0.25) is 4.90 Å². The molecule has 1 heterocycles. The molecule has 29 heavy (non-hydrogen) atoms. The lowest BCUT2D eigenvalue weighted by atomic mass is 10.2. The van der Waals surface area contributed by atoms with Crippen LogP contribution in [0, 0.1) is 0 Å². The summed E-state index contributed by atoms with van der Waals surface area (Å²) in [6.45, 7) is 8.46. The van der Waals surface area contributed by atoms with Crippen LogP contribution in [-0.4, -0.2) is 36.1 Å². The molecule has 5 heteroatoms. The number of para-hydroxylation sites is 2. The van der Waals surface area contributed by atoms with Gasteiger partial charge in [-0.05, 0) is 62.3 Å². The highest BCUT2D eigenvalue weighted by Crippen LogP contribution is 2.26. The maximum absolute atomic E-state index is 5.94. The van der Waals surface area contributed by atoms with Crippen molar-refractivity contribution in [1.82, 2.24) is 9.88 Å².